The summed E-state index contributed by atoms with van der Waals surface area (Å²) in [5, 5.41) is 0. The Bertz CT molecular complexity index is 442. The molecule has 5 heteroatoms. The summed E-state index contributed by atoms with van der Waals surface area (Å²) < 4.78 is 24.0. The summed E-state index contributed by atoms with van der Waals surface area (Å²) in [6.07, 6.45) is 1.92. The zero-order valence-corrected chi connectivity index (χ0v) is 13.2. The van der Waals surface area contributed by atoms with Crippen molar-refractivity contribution in [1.29, 1.82) is 0 Å². The van der Waals surface area contributed by atoms with Gasteiger partial charge in [0.15, 0.2) is 0 Å². The molecule has 1 heterocycles. The van der Waals surface area contributed by atoms with Crippen molar-refractivity contribution in [3.05, 3.63) is 35.9 Å². The molecule has 20 heavy (non-hydrogen) atoms. The molecule has 112 valence electrons. The second-order valence-electron chi connectivity index (χ2n) is 4.95. The highest BCUT2D eigenvalue weighted by atomic mass is 31.2. The highest BCUT2D eigenvalue weighted by Gasteiger charge is 2.42. The van der Waals surface area contributed by atoms with Crippen molar-refractivity contribution in [2.75, 3.05) is 19.8 Å². The third-order valence-corrected chi connectivity index (χ3v) is 6.09. The standard InChI is InChI=1S/C15H24NO3P/c1-3-18-20(17,19-4-2)15-11-8-12-16(15)13-14-9-6-5-7-10-14/h5-7,9-10,15H,3-4,8,11-13H2,1-2H3. The Morgan fingerprint density at radius 2 is 1.85 bits per heavy atom. The van der Waals surface area contributed by atoms with E-state index in [0.717, 1.165) is 25.9 Å². The molecule has 1 unspecified atom stereocenters. The average Bonchev–Trinajstić information content (AvgIpc) is 2.89. The number of hydrogen-bond acceptors (Lipinski definition) is 4. The van der Waals surface area contributed by atoms with E-state index in [9.17, 15) is 4.57 Å². The van der Waals surface area contributed by atoms with E-state index in [0.29, 0.717) is 13.2 Å². The molecule has 0 aliphatic carbocycles. The molecule has 0 bridgehead atoms. The predicted octanol–water partition coefficient (Wildman–Crippen LogP) is 3.87. The first-order chi connectivity index (χ1) is 9.69. The van der Waals surface area contributed by atoms with Gasteiger partial charge in [-0.3, -0.25) is 9.46 Å². The third-order valence-electron chi connectivity index (χ3n) is 3.54. The normalized spacial score (nSPS) is 20.4. The molecule has 1 atom stereocenters. The number of likely N-dealkylation sites (tertiary alicyclic amines) is 1. The van der Waals surface area contributed by atoms with Gasteiger partial charge in [-0.15, -0.1) is 0 Å². The van der Waals surface area contributed by atoms with Crippen LogP contribution in [0.25, 0.3) is 0 Å². The van der Waals surface area contributed by atoms with Crippen LogP contribution in [0.4, 0.5) is 0 Å². The zero-order valence-electron chi connectivity index (χ0n) is 12.3. The molecule has 4 nitrogen and oxygen atoms in total. The van der Waals surface area contributed by atoms with Gasteiger partial charge in [0.05, 0.1) is 13.2 Å². The maximum atomic E-state index is 12.9. The third kappa shape index (κ3) is 3.70. The molecule has 0 aromatic heterocycles. The SMILES string of the molecule is CCOP(=O)(OCC)C1CCCN1Cc1ccccc1. The van der Waals surface area contributed by atoms with E-state index in [1.54, 1.807) is 0 Å². The van der Waals surface area contributed by atoms with Gasteiger partial charge in [0.2, 0.25) is 0 Å². The molecule has 1 fully saturated rings. The van der Waals surface area contributed by atoms with E-state index < -0.39 is 7.60 Å². The van der Waals surface area contributed by atoms with E-state index in [-0.39, 0.29) is 5.78 Å². The van der Waals surface area contributed by atoms with Crippen LogP contribution in [0.15, 0.2) is 30.3 Å². The number of benzene rings is 1. The predicted molar refractivity (Wildman–Crippen MR) is 80.7 cm³/mol. The largest absolute Gasteiger partial charge is 0.347 e. The van der Waals surface area contributed by atoms with Crippen molar-refractivity contribution < 1.29 is 13.6 Å². The van der Waals surface area contributed by atoms with Crippen LogP contribution >= 0.6 is 7.60 Å². The number of nitrogens with zero attached hydrogens (tertiary/aromatic N) is 1. The van der Waals surface area contributed by atoms with Gasteiger partial charge in [-0.2, -0.15) is 0 Å². The summed E-state index contributed by atoms with van der Waals surface area (Å²) >= 11 is 0. The fourth-order valence-electron chi connectivity index (χ4n) is 2.74. The maximum Gasteiger partial charge on any atom is 0.347 e. The van der Waals surface area contributed by atoms with Crippen LogP contribution in [-0.4, -0.2) is 30.4 Å². The van der Waals surface area contributed by atoms with Gasteiger partial charge in [-0.25, -0.2) is 0 Å². The molecule has 0 N–H and O–H groups in total. The lowest BCUT2D eigenvalue weighted by atomic mass is 10.2. The van der Waals surface area contributed by atoms with Gasteiger partial charge in [0, 0.05) is 6.54 Å². The van der Waals surface area contributed by atoms with Crippen LogP contribution in [0.2, 0.25) is 0 Å². The van der Waals surface area contributed by atoms with Crippen LogP contribution in [0.5, 0.6) is 0 Å². The fraction of sp³-hybridized carbons (Fsp3) is 0.600. The first kappa shape index (κ1) is 15.7. The first-order valence-corrected chi connectivity index (χ1v) is 8.97. The Morgan fingerprint density at radius 3 is 2.45 bits per heavy atom. The summed E-state index contributed by atoms with van der Waals surface area (Å²) in [4.78, 5) is 2.24. The highest BCUT2D eigenvalue weighted by Crippen LogP contribution is 2.57. The van der Waals surface area contributed by atoms with Crippen molar-refractivity contribution in [3.63, 3.8) is 0 Å². The molecule has 1 aromatic rings. The lowest BCUT2D eigenvalue weighted by Gasteiger charge is -2.30. The number of hydrogen-bond donors (Lipinski definition) is 0. The van der Waals surface area contributed by atoms with E-state index in [2.05, 4.69) is 17.0 Å². The van der Waals surface area contributed by atoms with E-state index in [1.807, 2.05) is 32.0 Å². The Kier molecular flexibility index (Phi) is 5.79. The Morgan fingerprint density at radius 1 is 1.20 bits per heavy atom. The number of rotatable bonds is 7. The van der Waals surface area contributed by atoms with Crippen LogP contribution < -0.4 is 0 Å². The molecule has 0 spiro atoms. The molecular formula is C15H24NO3P. The van der Waals surface area contributed by atoms with E-state index >= 15 is 0 Å². The monoisotopic (exact) mass is 297 g/mol. The van der Waals surface area contributed by atoms with Gasteiger partial charge in [-0.1, -0.05) is 30.3 Å². The maximum absolute atomic E-state index is 12.9. The van der Waals surface area contributed by atoms with Gasteiger partial charge in [0.25, 0.3) is 0 Å². The van der Waals surface area contributed by atoms with Crippen molar-refractivity contribution in [3.8, 4) is 0 Å². The van der Waals surface area contributed by atoms with Gasteiger partial charge in [-0.05, 0) is 38.8 Å². The van der Waals surface area contributed by atoms with Crippen molar-refractivity contribution in [1.82, 2.24) is 4.90 Å². The lowest BCUT2D eigenvalue weighted by molar-refractivity contribution is 0.179. The smallest absolute Gasteiger partial charge is 0.308 e. The van der Waals surface area contributed by atoms with Gasteiger partial charge < -0.3 is 9.05 Å². The van der Waals surface area contributed by atoms with Crippen LogP contribution in [-0.2, 0) is 20.2 Å². The highest BCUT2D eigenvalue weighted by molar-refractivity contribution is 7.54. The van der Waals surface area contributed by atoms with Crippen LogP contribution in [0, 0.1) is 0 Å². The quantitative estimate of drug-likeness (QED) is 0.716. The average molecular weight is 297 g/mol. The van der Waals surface area contributed by atoms with Gasteiger partial charge >= 0.3 is 7.60 Å². The minimum atomic E-state index is -3.03. The molecule has 1 aliphatic heterocycles. The fourth-order valence-corrected chi connectivity index (χ4v) is 4.97. The topological polar surface area (TPSA) is 38.8 Å². The summed E-state index contributed by atoms with van der Waals surface area (Å²) in [7, 11) is -3.03. The minimum Gasteiger partial charge on any atom is -0.308 e. The summed E-state index contributed by atoms with van der Waals surface area (Å²) in [6, 6.07) is 10.3. The molecule has 1 aliphatic rings. The molecule has 0 amide bonds. The Hall–Kier alpha value is -0.670. The molecule has 0 saturated carbocycles. The summed E-state index contributed by atoms with van der Waals surface area (Å²) in [5.74, 6) is -0.109. The van der Waals surface area contributed by atoms with Crippen molar-refractivity contribution in [2.24, 2.45) is 0 Å². The molecule has 1 saturated heterocycles. The summed E-state index contributed by atoms with van der Waals surface area (Å²) in [5.41, 5.74) is 1.24. The molecule has 0 radical (unpaired) electrons. The summed E-state index contributed by atoms with van der Waals surface area (Å²) in [6.45, 7) is 6.32. The lowest BCUT2D eigenvalue weighted by Crippen LogP contribution is -2.30. The Labute approximate surface area is 121 Å². The second kappa shape index (κ2) is 7.37. The van der Waals surface area contributed by atoms with Crippen molar-refractivity contribution >= 4 is 7.60 Å². The Balaban J connectivity index is 2.11. The van der Waals surface area contributed by atoms with Crippen LogP contribution in [0.1, 0.15) is 32.3 Å². The minimum absolute atomic E-state index is 0.109. The second-order valence-corrected chi connectivity index (χ2v) is 7.15. The van der Waals surface area contributed by atoms with E-state index in [1.165, 1.54) is 5.56 Å². The first-order valence-electron chi connectivity index (χ1n) is 7.36. The van der Waals surface area contributed by atoms with E-state index in [4.69, 9.17) is 9.05 Å². The van der Waals surface area contributed by atoms with Gasteiger partial charge in [0.1, 0.15) is 5.78 Å². The molecule has 2 rings (SSSR count). The molecular weight excluding hydrogens is 273 g/mol. The van der Waals surface area contributed by atoms with Crippen molar-refractivity contribution in [2.45, 2.75) is 39.0 Å². The zero-order chi connectivity index (χ0) is 14.4. The molecule has 1 aromatic carbocycles. The van der Waals surface area contributed by atoms with Crippen LogP contribution in [0.3, 0.4) is 0 Å².